The molecule has 0 aromatic carbocycles. The highest BCUT2D eigenvalue weighted by atomic mass is 32.2. The maximum atomic E-state index is 11.3. The molecule has 0 spiro atoms. The predicted molar refractivity (Wildman–Crippen MR) is 77.1 cm³/mol. The van der Waals surface area contributed by atoms with Gasteiger partial charge in [0.1, 0.15) is 0 Å². The second-order valence-corrected chi connectivity index (χ2v) is 5.97. The van der Waals surface area contributed by atoms with Crippen molar-refractivity contribution in [2.24, 2.45) is 0 Å². The largest absolute Gasteiger partial charge is 0.385 e. The summed E-state index contributed by atoms with van der Waals surface area (Å²) in [5.41, 5.74) is -0.155. The van der Waals surface area contributed by atoms with Crippen molar-refractivity contribution in [3.63, 3.8) is 0 Å². The standard InChI is InChI=1S/C13H27NO3S/c1-5-18-11-12(15)14-8-6-9-17-13(2,3)7-10-16-4/h5-11H2,1-4H3,(H,14,15). The Morgan fingerprint density at radius 3 is 2.67 bits per heavy atom. The first-order chi connectivity index (χ1) is 8.52. The fourth-order valence-electron chi connectivity index (χ4n) is 1.31. The number of rotatable bonds is 11. The van der Waals surface area contributed by atoms with Crippen molar-refractivity contribution in [2.45, 2.75) is 39.2 Å². The Morgan fingerprint density at radius 2 is 2.06 bits per heavy atom. The lowest BCUT2D eigenvalue weighted by molar-refractivity contribution is -0.118. The van der Waals surface area contributed by atoms with Crippen molar-refractivity contribution in [1.29, 1.82) is 0 Å². The second-order valence-electron chi connectivity index (χ2n) is 4.69. The Labute approximate surface area is 115 Å². The van der Waals surface area contributed by atoms with E-state index in [2.05, 4.69) is 19.2 Å². The molecule has 18 heavy (non-hydrogen) atoms. The summed E-state index contributed by atoms with van der Waals surface area (Å²) in [5.74, 6) is 1.64. The van der Waals surface area contributed by atoms with Gasteiger partial charge in [0, 0.05) is 26.9 Å². The Hall–Kier alpha value is -0.260. The normalized spacial score (nSPS) is 11.6. The van der Waals surface area contributed by atoms with Crippen LogP contribution in [0.25, 0.3) is 0 Å². The molecule has 0 aliphatic heterocycles. The molecule has 0 saturated heterocycles. The van der Waals surface area contributed by atoms with Gasteiger partial charge in [0.05, 0.1) is 11.4 Å². The lowest BCUT2D eigenvalue weighted by Crippen LogP contribution is -2.30. The van der Waals surface area contributed by atoms with Crippen LogP contribution >= 0.6 is 11.8 Å². The van der Waals surface area contributed by atoms with E-state index in [-0.39, 0.29) is 11.5 Å². The number of ether oxygens (including phenoxy) is 2. The second kappa shape index (κ2) is 10.6. The zero-order chi connectivity index (χ0) is 13.9. The summed E-state index contributed by atoms with van der Waals surface area (Å²) in [7, 11) is 1.69. The van der Waals surface area contributed by atoms with Crippen LogP contribution in [-0.4, -0.2) is 49.9 Å². The fraction of sp³-hybridized carbons (Fsp3) is 0.923. The highest BCUT2D eigenvalue weighted by Crippen LogP contribution is 2.14. The van der Waals surface area contributed by atoms with E-state index in [4.69, 9.17) is 9.47 Å². The van der Waals surface area contributed by atoms with Gasteiger partial charge in [0.15, 0.2) is 0 Å². The summed E-state index contributed by atoms with van der Waals surface area (Å²) in [5, 5.41) is 2.88. The first-order valence-electron chi connectivity index (χ1n) is 6.49. The molecule has 0 radical (unpaired) electrons. The van der Waals surface area contributed by atoms with Gasteiger partial charge in [-0.2, -0.15) is 11.8 Å². The monoisotopic (exact) mass is 277 g/mol. The Bertz CT molecular complexity index is 222. The van der Waals surface area contributed by atoms with Crippen LogP contribution in [0.4, 0.5) is 0 Å². The highest BCUT2D eigenvalue weighted by molar-refractivity contribution is 7.99. The summed E-state index contributed by atoms with van der Waals surface area (Å²) in [6.45, 7) is 8.22. The van der Waals surface area contributed by atoms with Crippen molar-refractivity contribution in [2.75, 3.05) is 38.4 Å². The van der Waals surface area contributed by atoms with Gasteiger partial charge in [0.2, 0.25) is 5.91 Å². The molecule has 1 amide bonds. The topological polar surface area (TPSA) is 47.6 Å². The van der Waals surface area contributed by atoms with Gasteiger partial charge in [-0.15, -0.1) is 0 Å². The number of thioether (sulfide) groups is 1. The third-order valence-corrected chi connectivity index (χ3v) is 3.36. The van der Waals surface area contributed by atoms with Crippen LogP contribution in [0.1, 0.15) is 33.6 Å². The average molecular weight is 277 g/mol. The van der Waals surface area contributed by atoms with Gasteiger partial charge in [-0.25, -0.2) is 0 Å². The van der Waals surface area contributed by atoms with Crippen LogP contribution < -0.4 is 5.32 Å². The minimum atomic E-state index is -0.155. The third kappa shape index (κ3) is 10.9. The number of hydrogen-bond acceptors (Lipinski definition) is 4. The minimum absolute atomic E-state index is 0.112. The summed E-state index contributed by atoms with van der Waals surface area (Å²) >= 11 is 1.64. The van der Waals surface area contributed by atoms with E-state index in [0.29, 0.717) is 25.5 Å². The lowest BCUT2D eigenvalue weighted by atomic mass is 10.1. The quantitative estimate of drug-likeness (QED) is 0.587. The number of methoxy groups -OCH3 is 1. The summed E-state index contributed by atoms with van der Waals surface area (Å²) in [4.78, 5) is 11.3. The highest BCUT2D eigenvalue weighted by Gasteiger charge is 2.17. The summed E-state index contributed by atoms with van der Waals surface area (Å²) in [6.07, 6.45) is 1.72. The molecule has 0 saturated carbocycles. The van der Waals surface area contributed by atoms with Crippen LogP contribution in [0.15, 0.2) is 0 Å². The predicted octanol–water partition coefficient (Wildman–Crippen LogP) is 2.08. The molecule has 0 aliphatic rings. The SMILES string of the molecule is CCSCC(=O)NCCCOC(C)(C)CCOC. The van der Waals surface area contributed by atoms with Gasteiger partial charge >= 0.3 is 0 Å². The van der Waals surface area contributed by atoms with Gasteiger partial charge in [-0.1, -0.05) is 6.92 Å². The van der Waals surface area contributed by atoms with Crippen molar-refractivity contribution in [1.82, 2.24) is 5.32 Å². The summed E-state index contributed by atoms with van der Waals surface area (Å²) in [6, 6.07) is 0. The number of carbonyl (C=O) groups is 1. The van der Waals surface area contributed by atoms with Crippen molar-refractivity contribution >= 4 is 17.7 Å². The van der Waals surface area contributed by atoms with Crippen LogP contribution in [0, 0.1) is 0 Å². The first kappa shape index (κ1) is 17.7. The fourth-order valence-corrected chi connectivity index (χ4v) is 1.81. The van der Waals surface area contributed by atoms with Gasteiger partial charge in [0.25, 0.3) is 0 Å². The number of nitrogens with one attached hydrogen (secondary N) is 1. The molecule has 0 unspecified atom stereocenters. The molecular weight excluding hydrogens is 250 g/mol. The zero-order valence-electron chi connectivity index (χ0n) is 12.1. The lowest BCUT2D eigenvalue weighted by Gasteiger charge is -2.25. The minimum Gasteiger partial charge on any atom is -0.385 e. The van der Waals surface area contributed by atoms with Crippen molar-refractivity contribution in [3.8, 4) is 0 Å². The Morgan fingerprint density at radius 1 is 1.33 bits per heavy atom. The van der Waals surface area contributed by atoms with E-state index in [1.807, 2.05) is 6.92 Å². The van der Waals surface area contributed by atoms with E-state index in [1.54, 1.807) is 18.9 Å². The zero-order valence-corrected chi connectivity index (χ0v) is 12.9. The smallest absolute Gasteiger partial charge is 0.229 e. The molecule has 5 heteroatoms. The molecule has 0 rings (SSSR count). The molecule has 0 atom stereocenters. The van der Waals surface area contributed by atoms with Crippen LogP contribution in [0.5, 0.6) is 0 Å². The number of carbonyl (C=O) groups excluding carboxylic acids is 1. The van der Waals surface area contributed by atoms with Crippen molar-refractivity contribution < 1.29 is 14.3 Å². The first-order valence-corrected chi connectivity index (χ1v) is 7.64. The molecule has 0 fully saturated rings. The van der Waals surface area contributed by atoms with E-state index in [9.17, 15) is 4.79 Å². The van der Waals surface area contributed by atoms with Gasteiger partial charge in [-0.3, -0.25) is 4.79 Å². The third-order valence-electron chi connectivity index (χ3n) is 2.48. The molecule has 1 N–H and O–H groups in total. The Kier molecular flexibility index (Phi) is 10.5. The van der Waals surface area contributed by atoms with E-state index >= 15 is 0 Å². The molecule has 108 valence electrons. The molecule has 0 aromatic rings. The number of hydrogen-bond donors (Lipinski definition) is 1. The van der Waals surface area contributed by atoms with Crippen LogP contribution in [0.2, 0.25) is 0 Å². The number of amides is 1. The average Bonchev–Trinajstić information content (AvgIpc) is 2.33. The maximum absolute atomic E-state index is 11.3. The van der Waals surface area contributed by atoms with Crippen LogP contribution in [0.3, 0.4) is 0 Å². The van der Waals surface area contributed by atoms with E-state index < -0.39 is 0 Å². The van der Waals surface area contributed by atoms with E-state index in [1.165, 1.54) is 0 Å². The summed E-state index contributed by atoms with van der Waals surface area (Å²) < 4.78 is 10.8. The molecule has 4 nitrogen and oxygen atoms in total. The van der Waals surface area contributed by atoms with Gasteiger partial charge < -0.3 is 14.8 Å². The molecule has 0 bridgehead atoms. The molecule has 0 aliphatic carbocycles. The molecule has 0 aromatic heterocycles. The Balaban J connectivity index is 3.46. The van der Waals surface area contributed by atoms with Crippen molar-refractivity contribution in [3.05, 3.63) is 0 Å². The van der Waals surface area contributed by atoms with Crippen LogP contribution in [-0.2, 0) is 14.3 Å². The molecular formula is C13H27NO3S. The van der Waals surface area contributed by atoms with Gasteiger partial charge in [-0.05, 0) is 32.4 Å². The van der Waals surface area contributed by atoms with E-state index in [0.717, 1.165) is 18.6 Å². The molecule has 0 heterocycles. The maximum Gasteiger partial charge on any atom is 0.229 e.